The largest absolute Gasteiger partial charge is 0.316 e. The van der Waals surface area contributed by atoms with Crippen LogP contribution in [0.2, 0.25) is 0 Å². The number of pyridine rings is 1. The molecule has 1 aromatic rings. The van der Waals surface area contributed by atoms with Gasteiger partial charge in [-0.05, 0) is 17.5 Å². The first-order valence-electron chi connectivity index (χ1n) is 4.75. The molecule has 3 nitrogen and oxygen atoms in total. The Kier molecular flexibility index (Phi) is 2.90. The fourth-order valence-corrected chi connectivity index (χ4v) is 1.42. The number of hydrogen-bond donors (Lipinski definition) is 2. The van der Waals surface area contributed by atoms with Crippen LogP contribution in [0.5, 0.6) is 0 Å². The van der Waals surface area contributed by atoms with Crippen molar-refractivity contribution in [1.29, 1.82) is 0 Å². The molecule has 1 saturated heterocycles. The predicted molar refractivity (Wildman–Crippen MR) is 52.3 cm³/mol. The maximum Gasteiger partial charge on any atom is 0.0312 e. The van der Waals surface area contributed by atoms with Crippen molar-refractivity contribution in [3.63, 3.8) is 0 Å². The van der Waals surface area contributed by atoms with Gasteiger partial charge in [-0.25, -0.2) is 0 Å². The van der Waals surface area contributed by atoms with E-state index in [0.717, 1.165) is 19.0 Å². The van der Waals surface area contributed by atoms with Gasteiger partial charge in [0.05, 0.1) is 0 Å². The Morgan fingerprint density at radius 2 is 2.46 bits per heavy atom. The van der Waals surface area contributed by atoms with Crippen LogP contribution < -0.4 is 10.6 Å². The van der Waals surface area contributed by atoms with Crippen LogP contribution in [0.1, 0.15) is 5.56 Å². The quantitative estimate of drug-likeness (QED) is 0.698. The van der Waals surface area contributed by atoms with E-state index < -0.39 is 0 Å². The molecule has 0 aliphatic carbocycles. The van der Waals surface area contributed by atoms with Gasteiger partial charge in [-0.2, -0.15) is 0 Å². The third-order valence-electron chi connectivity index (χ3n) is 2.35. The van der Waals surface area contributed by atoms with E-state index in [9.17, 15) is 0 Å². The van der Waals surface area contributed by atoms with Crippen molar-refractivity contribution in [2.45, 2.75) is 6.54 Å². The fourth-order valence-electron chi connectivity index (χ4n) is 1.42. The van der Waals surface area contributed by atoms with Gasteiger partial charge >= 0.3 is 0 Å². The molecule has 1 aliphatic heterocycles. The first-order valence-corrected chi connectivity index (χ1v) is 4.75. The van der Waals surface area contributed by atoms with E-state index in [1.807, 2.05) is 12.3 Å². The molecule has 0 unspecified atom stereocenters. The van der Waals surface area contributed by atoms with Crippen LogP contribution in [-0.2, 0) is 6.54 Å². The smallest absolute Gasteiger partial charge is 0.0312 e. The van der Waals surface area contributed by atoms with Crippen molar-refractivity contribution in [2.24, 2.45) is 5.92 Å². The van der Waals surface area contributed by atoms with E-state index in [1.165, 1.54) is 18.7 Å². The Labute approximate surface area is 78.6 Å². The second kappa shape index (κ2) is 4.35. The molecule has 2 heterocycles. The highest BCUT2D eigenvalue weighted by molar-refractivity contribution is 5.07. The third kappa shape index (κ3) is 2.50. The van der Waals surface area contributed by atoms with Crippen molar-refractivity contribution in [1.82, 2.24) is 15.6 Å². The standard InChI is InChI=1S/C10H15N3/c1-2-9(4-11-3-1)5-12-6-10-7-13-8-10/h1-4,10,12-13H,5-8H2. The number of nitrogens with zero attached hydrogens (tertiary/aromatic N) is 1. The summed E-state index contributed by atoms with van der Waals surface area (Å²) in [6, 6.07) is 4.07. The predicted octanol–water partition coefficient (Wildman–Crippen LogP) is 0.391. The minimum absolute atomic E-state index is 0.830. The van der Waals surface area contributed by atoms with Gasteiger partial charge in [0, 0.05) is 38.6 Å². The van der Waals surface area contributed by atoms with Gasteiger partial charge in [0.1, 0.15) is 0 Å². The van der Waals surface area contributed by atoms with E-state index in [2.05, 4.69) is 21.7 Å². The summed E-state index contributed by atoms with van der Waals surface area (Å²) in [5.41, 5.74) is 1.26. The van der Waals surface area contributed by atoms with Gasteiger partial charge in [0.15, 0.2) is 0 Å². The van der Waals surface area contributed by atoms with Gasteiger partial charge < -0.3 is 10.6 Å². The molecule has 0 bridgehead atoms. The third-order valence-corrected chi connectivity index (χ3v) is 2.35. The zero-order chi connectivity index (χ0) is 8.93. The molecule has 0 radical (unpaired) electrons. The Morgan fingerprint density at radius 1 is 1.54 bits per heavy atom. The highest BCUT2D eigenvalue weighted by Gasteiger charge is 2.15. The van der Waals surface area contributed by atoms with Gasteiger partial charge in [-0.3, -0.25) is 4.98 Å². The first-order chi connectivity index (χ1) is 6.45. The number of rotatable bonds is 4. The van der Waals surface area contributed by atoms with Crippen LogP contribution in [-0.4, -0.2) is 24.6 Å². The van der Waals surface area contributed by atoms with Crippen molar-refractivity contribution in [2.75, 3.05) is 19.6 Å². The molecule has 1 aromatic heterocycles. The monoisotopic (exact) mass is 177 g/mol. The van der Waals surface area contributed by atoms with E-state index in [0.29, 0.717) is 0 Å². The molecule has 0 atom stereocenters. The van der Waals surface area contributed by atoms with E-state index >= 15 is 0 Å². The summed E-state index contributed by atoms with van der Waals surface area (Å²) in [4.78, 5) is 4.06. The van der Waals surface area contributed by atoms with Crippen LogP contribution in [0.15, 0.2) is 24.5 Å². The molecule has 1 aliphatic rings. The molecule has 3 heteroatoms. The van der Waals surface area contributed by atoms with Gasteiger partial charge in [-0.1, -0.05) is 6.07 Å². The van der Waals surface area contributed by atoms with Crippen molar-refractivity contribution < 1.29 is 0 Å². The lowest BCUT2D eigenvalue weighted by Crippen LogP contribution is -2.47. The normalized spacial score (nSPS) is 16.9. The topological polar surface area (TPSA) is 37.0 Å². The highest BCUT2D eigenvalue weighted by Crippen LogP contribution is 2.01. The lowest BCUT2D eigenvalue weighted by Gasteiger charge is -2.27. The second-order valence-corrected chi connectivity index (χ2v) is 3.52. The average Bonchev–Trinajstić information content (AvgIpc) is 2.11. The number of aromatic nitrogens is 1. The first kappa shape index (κ1) is 8.66. The van der Waals surface area contributed by atoms with E-state index in [4.69, 9.17) is 0 Å². The molecule has 0 spiro atoms. The number of nitrogens with one attached hydrogen (secondary N) is 2. The highest BCUT2D eigenvalue weighted by atomic mass is 15.0. The Bertz CT molecular complexity index is 244. The maximum atomic E-state index is 4.06. The molecule has 0 aromatic carbocycles. The van der Waals surface area contributed by atoms with Crippen LogP contribution in [0.25, 0.3) is 0 Å². The molecule has 13 heavy (non-hydrogen) atoms. The van der Waals surface area contributed by atoms with Crippen LogP contribution >= 0.6 is 0 Å². The molecule has 2 rings (SSSR count). The fraction of sp³-hybridized carbons (Fsp3) is 0.500. The van der Waals surface area contributed by atoms with Crippen molar-refractivity contribution >= 4 is 0 Å². The minimum Gasteiger partial charge on any atom is -0.316 e. The van der Waals surface area contributed by atoms with Crippen LogP contribution in [0.4, 0.5) is 0 Å². The Morgan fingerprint density at radius 3 is 3.08 bits per heavy atom. The molecule has 70 valence electrons. The maximum absolute atomic E-state index is 4.06. The molecular formula is C10H15N3. The lowest BCUT2D eigenvalue weighted by molar-refractivity contribution is 0.331. The minimum atomic E-state index is 0.830. The summed E-state index contributed by atoms with van der Waals surface area (Å²) >= 11 is 0. The van der Waals surface area contributed by atoms with Gasteiger partial charge in [0.25, 0.3) is 0 Å². The summed E-state index contributed by atoms with van der Waals surface area (Å²) in [6.45, 7) is 4.38. The van der Waals surface area contributed by atoms with Gasteiger partial charge in [0.2, 0.25) is 0 Å². The Hall–Kier alpha value is -0.930. The summed E-state index contributed by atoms with van der Waals surface area (Å²) in [7, 11) is 0. The van der Waals surface area contributed by atoms with E-state index in [-0.39, 0.29) is 0 Å². The average molecular weight is 177 g/mol. The summed E-state index contributed by atoms with van der Waals surface area (Å²) < 4.78 is 0. The summed E-state index contributed by atoms with van der Waals surface area (Å²) in [5, 5.41) is 6.68. The summed E-state index contributed by atoms with van der Waals surface area (Å²) in [6.07, 6.45) is 3.71. The Balaban J connectivity index is 1.67. The zero-order valence-electron chi connectivity index (χ0n) is 7.66. The number of hydrogen-bond acceptors (Lipinski definition) is 3. The van der Waals surface area contributed by atoms with Gasteiger partial charge in [-0.15, -0.1) is 0 Å². The second-order valence-electron chi connectivity index (χ2n) is 3.52. The zero-order valence-corrected chi connectivity index (χ0v) is 7.66. The molecular weight excluding hydrogens is 162 g/mol. The molecule has 0 saturated carbocycles. The van der Waals surface area contributed by atoms with Crippen molar-refractivity contribution in [3.05, 3.63) is 30.1 Å². The SMILES string of the molecule is c1cncc(CNCC2CNC2)c1. The van der Waals surface area contributed by atoms with E-state index in [1.54, 1.807) is 6.20 Å². The molecule has 1 fully saturated rings. The van der Waals surface area contributed by atoms with Crippen LogP contribution in [0, 0.1) is 5.92 Å². The molecule has 2 N–H and O–H groups in total. The van der Waals surface area contributed by atoms with Crippen LogP contribution in [0.3, 0.4) is 0 Å². The molecule has 0 amide bonds. The van der Waals surface area contributed by atoms with Crippen molar-refractivity contribution in [3.8, 4) is 0 Å². The lowest BCUT2D eigenvalue weighted by atomic mass is 10.0. The summed E-state index contributed by atoms with van der Waals surface area (Å²) in [5.74, 6) is 0.830.